The van der Waals surface area contributed by atoms with Gasteiger partial charge in [-0.15, -0.1) is 0 Å². The summed E-state index contributed by atoms with van der Waals surface area (Å²) in [5.41, 5.74) is 7.93. The molecule has 0 spiro atoms. The van der Waals surface area contributed by atoms with Crippen LogP contribution in [0.3, 0.4) is 0 Å². The van der Waals surface area contributed by atoms with Crippen molar-refractivity contribution >= 4 is 27.3 Å². The van der Waals surface area contributed by atoms with Gasteiger partial charge in [0.1, 0.15) is 5.69 Å². The van der Waals surface area contributed by atoms with Crippen LogP contribution in [0, 0.1) is 10.1 Å². The van der Waals surface area contributed by atoms with Gasteiger partial charge in [0.05, 0.1) is 4.92 Å². The zero-order valence-corrected chi connectivity index (χ0v) is 7.80. The summed E-state index contributed by atoms with van der Waals surface area (Å²) in [4.78, 5) is 12.3. The summed E-state index contributed by atoms with van der Waals surface area (Å²) in [5.74, 6) is 0. The third-order valence-electron chi connectivity index (χ3n) is 1.29. The molecule has 0 saturated carbocycles. The monoisotopic (exact) mass is 242 g/mol. The second-order valence-corrected chi connectivity index (χ2v) is 3.00. The molecule has 0 atom stereocenters. The maximum Gasteiger partial charge on any atom is 0.279 e. The minimum atomic E-state index is -0.601. The van der Waals surface area contributed by atoms with Crippen LogP contribution in [0.5, 0.6) is 0 Å². The molecule has 6 nitrogen and oxygen atoms in total. The fraction of sp³-hybridized carbons (Fsp3) is 0. The van der Waals surface area contributed by atoms with E-state index in [0.717, 1.165) is 0 Å². The zero-order valence-electron chi connectivity index (χ0n) is 6.22. The Balaban J connectivity index is 3.34. The number of hydrogen-bond acceptors (Lipinski definition) is 3. The van der Waals surface area contributed by atoms with E-state index < -0.39 is 4.92 Å². The minimum absolute atomic E-state index is 0.00174. The van der Waals surface area contributed by atoms with Crippen molar-refractivity contribution in [3.05, 3.63) is 43.2 Å². The largest absolute Gasteiger partial charge is 0.279 e. The molecule has 0 saturated heterocycles. The minimum Gasteiger partial charge on any atom is -0.258 e. The van der Waals surface area contributed by atoms with Gasteiger partial charge in [-0.25, -0.2) is 0 Å². The van der Waals surface area contributed by atoms with E-state index in [1.165, 1.54) is 18.2 Å². The van der Waals surface area contributed by atoms with Gasteiger partial charge in [0.2, 0.25) is 0 Å². The van der Waals surface area contributed by atoms with E-state index in [-0.39, 0.29) is 11.4 Å². The highest BCUT2D eigenvalue weighted by Crippen LogP contribution is 2.30. The van der Waals surface area contributed by atoms with Gasteiger partial charge in [-0.05, 0) is 17.7 Å². The van der Waals surface area contributed by atoms with Crippen molar-refractivity contribution in [1.29, 1.82) is 0 Å². The number of benzene rings is 1. The van der Waals surface area contributed by atoms with Crippen LogP contribution in [-0.4, -0.2) is 4.92 Å². The first-order valence-corrected chi connectivity index (χ1v) is 3.93. The van der Waals surface area contributed by atoms with E-state index in [0.29, 0.717) is 4.47 Å². The Labute approximate surface area is 81.1 Å². The summed E-state index contributed by atoms with van der Waals surface area (Å²) < 4.78 is 0.625. The summed E-state index contributed by atoms with van der Waals surface area (Å²) in [7, 11) is 0. The van der Waals surface area contributed by atoms with Gasteiger partial charge in [0.25, 0.3) is 5.69 Å². The zero-order chi connectivity index (χ0) is 9.84. The van der Waals surface area contributed by atoms with E-state index >= 15 is 0 Å². The van der Waals surface area contributed by atoms with Crippen LogP contribution in [0.2, 0.25) is 0 Å². The van der Waals surface area contributed by atoms with Crippen molar-refractivity contribution < 1.29 is 4.92 Å². The van der Waals surface area contributed by atoms with Gasteiger partial charge in [0, 0.05) is 15.5 Å². The van der Waals surface area contributed by atoms with E-state index in [9.17, 15) is 10.1 Å². The summed E-state index contributed by atoms with van der Waals surface area (Å²) in [6.45, 7) is 0. The van der Waals surface area contributed by atoms with Gasteiger partial charge >= 0.3 is 0 Å². The molecule has 0 aliphatic rings. The molecular weight excluding hydrogens is 240 g/mol. The van der Waals surface area contributed by atoms with Gasteiger partial charge in [-0.3, -0.25) is 10.1 Å². The molecular formula is C6H3BrN4O2. The van der Waals surface area contributed by atoms with E-state index in [1.807, 2.05) is 0 Å². The summed E-state index contributed by atoms with van der Waals surface area (Å²) in [6.07, 6.45) is 0. The second kappa shape index (κ2) is 3.88. The molecule has 13 heavy (non-hydrogen) atoms. The Kier molecular flexibility index (Phi) is 2.84. The molecule has 0 N–H and O–H groups in total. The number of azide groups is 1. The Hall–Kier alpha value is -1.59. The van der Waals surface area contributed by atoms with Gasteiger partial charge < -0.3 is 0 Å². The summed E-state index contributed by atoms with van der Waals surface area (Å²) in [5, 5.41) is 13.6. The Morgan fingerprint density at radius 2 is 2.31 bits per heavy atom. The van der Waals surface area contributed by atoms with E-state index in [4.69, 9.17) is 5.53 Å². The SMILES string of the molecule is [N-]=[N+]=Nc1cc(Br)ccc1[N+](=O)[O-]. The number of nitrogens with zero attached hydrogens (tertiary/aromatic N) is 4. The maximum atomic E-state index is 10.4. The highest BCUT2D eigenvalue weighted by molar-refractivity contribution is 9.10. The second-order valence-electron chi connectivity index (χ2n) is 2.08. The smallest absolute Gasteiger partial charge is 0.258 e. The topological polar surface area (TPSA) is 91.9 Å². The fourth-order valence-corrected chi connectivity index (χ4v) is 1.13. The lowest BCUT2D eigenvalue weighted by molar-refractivity contribution is -0.384. The molecule has 0 radical (unpaired) electrons. The predicted molar refractivity (Wildman–Crippen MR) is 49.6 cm³/mol. The highest BCUT2D eigenvalue weighted by atomic mass is 79.9. The number of nitro benzene ring substituents is 1. The number of nitro groups is 1. The van der Waals surface area contributed by atoms with Crippen LogP contribution in [0.25, 0.3) is 10.4 Å². The Morgan fingerprint density at radius 3 is 2.85 bits per heavy atom. The lowest BCUT2D eigenvalue weighted by Crippen LogP contribution is -1.87. The highest BCUT2D eigenvalue weighted by Gasteiger charge is 2.11. The average Bonchev–Trinajstić information content (AvgIpc) is 2.04. The van der Waals surface area contributed by atoms with Crippen molar-refractivity contribution in [3.63, 3.8) is 0 Å². The van der Waals surface area contributed by atoms with Crippen LogP contribution < -0.4 is 0 Å². The summed E-state index contributed by atoms with van der Waals surface area (Å²) >= 11 is 3.11. The van der Waals surface area contributed by atoms with Crippen LogP contribution in [0.1, 0.15) is 0 Å². The van der Waals surface area contributed by atoms with Gasteiger partial charge in [0.15, 0.2) is 0 Å². The number of halogens is 1. The van der Waals surface area contributed by atoms with Crippen LogP contribution in [-0.2, 0) is 0 Å². The lowest BCUT2D eigenvalue weighted by atomic mass is 10.3. The van der Waals surface area contributed by atoms with Crippen LogP contribution >= 0.6 is 15.9 Å². The molecule has 0 unspecified atom stereocenters. The molecule has 1 rings (SSSR count). The molecule has 0 aliphatic heterocycles. The molecule has 0 fully saturated rings. The normalized spacial score (nSPS) is 9.00. The first kappa shape index (κ1) is 9.50. The molecule has 1 aromatic rings. The molecule has 1 aromatic carbocycles. The van der Waals surface area contributed by atoms with E-state index in [1.54, 1.807) is 0 Å². The molecule has 0 aromatic heterocycles. The first-order valence-electron chi connectivity index (χ1n) is 3.14. The molecule has 0 bridgehead atoms. The van der Waals surface area contributed by atoms with Crippen molar-refractivity contribution in [2.24, 2.45) is 5.11 Å². The average molecular weight is 243 g/mol. The Morgan fingerprint density at radius 1 is 1.62 bits per heavy atom. The third-order valence-corrected chi connectivity index (χ3v) is 1.78. The van der Waals surface area contributed by atoms with Crippen LogP contribution in [0.4, 0.5) is 11.4 Å². The molecule has 0 amide bonds. The number of rotatable bonds is 2. The van der Waals surface area contributed by atoms with Crippen molar-refractivity contribution in [2.45, 2.75) is 0 Å². The third kappa shape index (κ3) is 2.17. The fourth-order valence-electron chi connectivity index (χ4n) is 0.779. The maximum absolute atomic E-state index is 10.4. The first-order chi connectivity index (χ1) is 6.15. The quantitative estimate of drug-likeness (QED) is 0.262. The lowest BCUT2D eigenvalue weighted by Gasteiger charge is -1.95. The Bertz CT molecular complexity index is 400. The van der Waals surface area contributed by atoms with Crippen molar-refractivity contribution in [1.82, 2.24) is 0 Å². The van der Waals surface area contributed by atoms with Crippen molar-refractivity contribution in [2.75, 3.05) is 0 Å². The molecule has 66 valence electrons. The molecule has 0 aliphatic carbocycles. The van der Waals surface area contributed by atoms with Gasteiger partial charge in [-0.2, -0.15) is 0 Å². The van der Waals surface area contributed by atoms with Crippen molar-refractivity contribution in [3.8, 4) is 0 Å². The summed E-state index contributed by atoms with van der Waals surface area (Å²) in [6, 6.07) is 4.17. The number of hydrogen-bond donors (Lipinski definition) is 0. The standard InChI is InChI=1S/C6H3BrN4O2/c7-4-1-2-6(11(12)13)5(3-4)9-10-8/h1-3H. The van der Waals surface area contributed by atoms with E-state index in [2.05, 4.69) is 26.0 Å². The molecule has 7 heteroatoms. The van der Waals surface area contributed by atoms with Crippen LogP contribution in [0.15, 0.2) is 27.8 Å². The van der Waals surface area contributed by atoms with Gasteiger partial charge in [-0.1, -0.05) is 21.0 Å². The predicted octanol–water partition coefficient (Wildman–Crippen LogP) is 3.30. The molecule has 0 heterocycles.